The van der Waals surface area contributed by atoms with Gasteiger partial charge in [0, 0.05) is 0 Å². The molecule has 2 aliphatic carbocycles. The zero-order valence-corrected chi connectivity index (χ0v) is 22.3. The van der Waals surface area contributed by atoms with Crippen LogP contribution in [0.5, 0.6) is 0 Å². The molecule has 5 heteroatoms. The van der Waals surface area contributed by atoms with E-state index in [4.69, 9.17) is 0 Å². The van der Waals surface area contributed by atoms with Gasteiger partial charge in [-0.2, -0.15) is 0 Å². The molecule has 0 spiro atoms. The minimum atomic E-state index is -0.936. The molecular weight excluding hydrogens is 591 g/mol. The summed E-state index contributed by atoms with van der Waals surface area (Å²) in [5, 5.41) is 0. The van der Waals surface area contributed by atoms with Crippen LogP contribution in [0.15, 0.2) is 97.6 Å². The Kier molecular flexibility index (Phi) is 6.86. The summed E-state index contributed by atoms with van der Waals surface area (Å²) < 4.78 is 5.73. The number of benzene rings is 2. The quantitative estimate of drug-likeness (QED) is 0.312. The van der Waals surface area contributed by atoms with Crippen LogP contribution in [0.4, 0.5) is 0 Å². The van der Waals surface area contributed by atoms with Crippen LogP contribution in [0, 0.1) is 0 Å². The molecule has 2 atom stereocenters. The van der Waals surface area contributed by atoms with Crippen LogP contribution < -0.4 is 34.0 Å². The molecule has 2 heterocycles. The molecule has 0 saturated heterocycles. The van der Waals surface area contributed by atoms with Crippen LogP contribution in [0.25, 0.3) is 23.5 Å². The third kappa shape index (κ3) is 3.97. The first kappa shape index (κ1) is 22.5. The van der Waals surface area contributed by atoms with Gasteiger partial charge in [-0.3, -0.25) is 0 Å². The van der Waals surface area contributed by atoms with Gasteiger partial charge in [0.1, 0.15) is 0 Å². The normalized spacial score (nSPS) is 18.1. The van der Waals surface area contributed by atoms with Crippen LogP contribution >= 0.6 is 0 Å². The van der Waals surface area contributed by atoms with Gasteiger partial charge in [-0.15, -0.1) is 0 Å². The zero-order chi connectivity index (χ0) is 19.2. The van der Waals surface area contributed by atoms with E-state index in [1.165, 1.54) is 33.6 Å². The molecule has 0 N–H and O–H groups in total. The monoisotopic (exact) mass is 608 g/mol. The molecule has 0 fully saturated rings. The van der Waals surface area contributed by atoms with Gasteiger partial charge < -0.3 is 34.0 Å². The summed E-state index contributed by atoms with van der Waals surface area (Å²) in [5.41, 5.74) is 8.69. The molecule has 2 aromatic carbocycles. The number of allylic oxidation sites excluding steroid dienone is 2. The fourth-order valence-corrected chi connectivity index (χ4v) is 9.57. The van der Waals surface area contributed by atoms with E-state index >= 15 is 0 Å². The van der Waals surface area contributed by atoms with Gasteiger partial charge in [0.25, 0.3) is 0 Å². The van der Waals surface area contributed by atoms with Gasteiger partial charge >= 0.3 is 183 Å². The van der Waals surface area contributed by atoms with Gasteiger partial charge in [-0.05, 0) is 0 Å². The molecule has 0 amide bonds. The summed E-state index contributed by atoms with van der Waals surface area (Å²) in [7, 11) is 0. The third-order valence-corrected chi connectivity index (χ3v) is 10.6. The van der Waals surface area contributed by atoms with Crippen molar-refractivity contribution in [3.63, 3.8) is 0 Å². The van der Waals surface area contributed by atoms with Crippen molar-refractivity contribution in [2.45, 2.75) is 7.25 Å². The summed E-state index contributed by atoms with van der Waals surface area (Å²) >= 11 is -0.936. The maximum atomic E-state index is 2.40. The number of hydrogen-bond donors (Lipinski definition) is 0. The largest absolute Gasteiger partial charge is 1.00 e. The van der Waals surface area contributed by atoms with Crippen molar-refractivity contribution >= 4 is 23.5 Å². The van der Waals surface area contributed by atoms with Crippen LogP contribution in [0.3, 0.4) is 0 Å². The second kappa shape index (κ2) is 9.44. The second-order valence-electron chi connectivity index (χ2n) is 7.61. The molecule has 0 aliphatic heterocycles. The molecule has 2 nitrogen and oxygen atoms in total. The Morgan fingerprint density at radius 1 is 0.516 bits per heavy atom. The van der Waals surface area contributed by atoms with Crippen LogP contribution in [-0.2, 0) is 23.2 Å². The molecule has 2 aliphatic rings. The molecule has 4 aromatic rings. The molecule has 6 rings (SSSR count). The van der Waals surface area contributed by atoms with Crippen molar-refractivity contribution in [1.82, 2.24) is 9.13 Å². The smallest absolute Gasteiger partial charge is 1.00 e. The molecular formula is C26H20Br2N2Zr. The maximum absolute atomic E-state index is 2.40. The first-order valence-electron chi connectivity index (χ1n) is 10.0. The molecule has 2 unspecified atom stereocenters. The van der Waals surface area contributed by atoms with E-state index in [2.05, 4.69) is 119 Å². The summed E-state index contributed by atoms with van der Waals surface area (Å²) in [6.45, 7) is 0. The average molecular weight is 611 g/mol. The zero-order valence-electron chi connectivity index (χ0n) is 16.7. The Morgan fingerprint density at radius 3 is 1.32 bits per heavy atom. The molecule has 2 aromatic heterocycles. The van der Waals surface area contributed by atoms with Crippen LogP contribution in [0.2, 0.25) is 0 Å². The Balaban J connectivity index is 0.00000116. The van der Waals surface area contributed by atoms with Gasteiger partial charge in [0.2, 0.25) is 0 Å². The fourth-order valence-electron chi connectivity index (χ4n) is 4.59. The van der Waals surface area contributed by atoms with Crippen molar-refractivity contribution in [3.05, 3.63) is 120 Å². The number of rotatable bonds is 4. The van der Waals surface area contributed by atoms with E-state index in [0.29, 0.717) is 7.25 Å². The van der Waals surface area contributed by atoms with E-state index < -0.39 is 23.2 Å². The number of fused-ring (bicyclic) bond motifs is 2. The van der Waals surface area contributed by atoms with Crippen molar-refractivity contribution in [3.8, 4) is 0 Å². The van der Waals surface area contributed by atoms with Crippen LogP contribution in [0.1, 0.15) is 29.5 Å². The summed E-state index contributed by atoms with van der Waals surface area (Å²) in [6, 6.07) is 26.4. The van der Waals surface area contributed by atoms with Crippen molar-refractivity contribution < 1.29 is 57.2 Å². The minimum Gasteiger partial charge on any atom is -1.00 e. The third-order valence-electron chi connectivity index (χ3n) is 5.95. The van der Waals surface area contributed by atoms with E-state index in [1.807, 2.05) is 0 Å². The second-order valence-corrected chi connectivity index (χ2v) is 11.3. The Bertz CT molecular complexity index is 1140. The average Bonchev–Trinajstić information content (AvgIpc) is 3.55. The van der Waals surface area contributed by atoms with E-state index in [9.17, 15) is 0 Å². The summed E-state index contributed by atoms with van der Waals surface area (Å²) in [4.78, 5) is 0. The molecule has 31 heavy (non-hydrogen) atoms. The number of halogens is 2. The molecule has 0 bridgehead atoms. The topological polar surface area (TPSA) is 9.86 Å². The van der Waals surface area contributed by atoms with Gasteiger partial charge in [0.15, 0.2) is 0 Å². The molecule has 152 valence electrons. The van der Waals surface area contributed by atoms with Crippen molar-refractivity contribution in [2.75, 3.05) is 0 Å². The van der Waals surface area contributed by atoms with Gasteiger partial charge in [-0.1, -0.05) is 0 Å². The van der Waals surface area contributed by atoms with Gasteiger partial charge in [-0.25, -0.2) is 0 Å². The van der Waals surface area contributed by atoms with Crippen molar-refractivity contribution in [1.29, 1.82) is 0 Å². The number of aromatic nitrogens is 2. The standard InChI is InChI=1S/2C13H10N.2BrH.Zr/c2*1-2-6-12-10-13(9-11(12)5-1)14-7-3-4-8-14;;;/h2*1-10H;2*1H;/q;;;;+2/p-2. The summed E-state index contributed by atoms with van der Waals surface area (Å²) in [5.74, 6) is 0. The van der Waals surface area contributed by atoms with E-state index in [1.54, 1.807) is 0 Å². The first-order valence-corrected chi connectivity index (χ1v) is 12.9. The van der Waals surface area contributed by atoms with E-state index in [0.717, 1.165) is 0 Å². The first-order chi connectivity index (χ1) is 14.4. The number of nitrogens with zero attached hydrogens (tertiary/aromatic N) is 2. The Labute approximate surface area is 215 Å². The predicted molar refractivity (Wildman–Crippen MR) is 116 cm³/mol. The SMILES string of the molecule is C1=C(n2cccc2)[CH]([Zr+2][CH]2C(n3cccc3)=Cc3ccccc32)c2ccccc21.[Br-].[Br-]. The van der Waals surface area contributed by atoms with E-state index in [-0.39, 0.29) is 34.0 Å². The Morgan fingerprint density at radius 2 is 0.903 bits per heavy atom. The van der Waals surface area contributed by atoms with Crippen LogP contribution in [-0.4, -0.2) is 9.13 Å². The molecule has 0 saturated carbocycles. The Hall–Kier alpha value is -1.68. The number of hydrogen-bond acceptors (Lipinski definition) is 0. The maximum Gasteiger partial charge on any atom is -1.00 e. The van der Waals surface area contributed by atoms with Gasteiger partial charge in [0.05, 0.1) is 0 Å². The minimum absolute atomic E-state index is 0. The fraction of sp³-hybridized carbons (Fsp3) is 0.0769. The predicted octanol–water partition coefficient (Wildman–Crippen LogP) is 0.186. The molecule has 0 radical (unpaired) electrons. The summed E-state index contributed by atoms with van der Waals surface area (Å²) in [6.07, 6.45) is 13.6. The van der Waals surface area contributed by atoms with Crippen molar-refractivity contribution in [2.24, 2.45) is 0 Å².